The number of aryl methyl sites for hydroxylation is 1. The number of hydrogen-bond donors (Lipinski definition) is 2. The van der Waals surface area contributed by atoms with Gasteiger partial charge in [-0.3, -0.25) is 4.79 Å². The Balaban J connectivity index is 1.59. The Kier molecular flexibility index (Phi) is 4.21. The lowest BCUT2D eigenvalue weighted by atomic mass is 9.44. The van der Waals surface area contributed by atoms with Crippen LogP contribution >= 0.6 is 0 Å². The van der Waals surface area contributed by atoms with Crippen LogP contribution in [0.15, 0.2) is 24.3 Å². The number of rotatable bonds is 1. The number of fused-ring (bicyclic) bond motifs is 5. The summed E-state index contributed by atoms with van der Waals surface area (Å²) < 4.78 is 0. The Morgan fingerprint density at radius 2 is 1.71 bits per heavy atom. The van der Waals surface area contributed by atoms with Gasteiger partial charge in [0, 0.05) is 12.5 Å². The van der Waals surface area contributed by atoms with E-state index in [2.05, 4.69) is 50.4 Å². The third kappa shape index (κ3) is 2.54. The summed E-state index contributed by atoms with van der Waals surface area (Å²) in [6.45, 7) is 6.96. The Bertz CT molecular complexity index is 773. The van der Waals surface area contributed by atoms with E-state index in [0.717, 1.165) is 32.1 Å². The van der Waals surface area contributed by atoms with Gasteiger partial charge in [0.2, 0.25) is 5.91 Å². The molecule has 1 aliphatic heterocycles. The molecule has 0 aromatic heterocycles. The molecule has 1 aromatic carbocycles. The maximum absolute atomic E-state index is 12.2. The molecule has 0 bridgehead atoms. The predicted molar refractivity (Wildman–Crippen MR) is 111 cm³/mol. The monoisotopic (exact) mass is 381 g/mol. The summed E-state index contributed by atoms with van der Waals surface area (Å²) in [7, 11) is 0. The average Bonchev–Trinajstić information content (AvgIpc) is 2.98. The van der Waals surface area contributed by atoms with E-state index in [0.29, 0.717) is 30.1 Å². The topological polar surface area (TPSA) is 49.3 Å². The molecule has 4 fully saturated rings. The quantitative estimate of drug-likeness (QED) is 0.749. The Labute approximate surface area is 169 Å². The van der Waals surface area contributed by atoms with Crippen LogP contribution in [0.1, 0.15) is 75.8 Å². The molecule has 0 spiro atoms. The van der Waals surface area contributed by atoms with Crippen LogP contribution in [0.2, 0.25) is 0 Å². The van der Waals surface area contributed by atoms with Crippen molar-refractivity contribution in [3.8, 4) is 0 Å². The number of nitrogens with one attached hydrogen (secondary N) is 1. The maximum atomic E-state index is 12.2. The second-order valence-electron chi connectivity index (χ2n) is 10.8. The van der Waals surface area contributed by atoms with Crippen LogP contribution in [0.25, 0.3) is 0 Å². The molecule has 8 atom stereocenters. The van der Waals surface area contributed by atoms with Gasteiger partial charge in [-0.05, 0) is 85.5 Å². The van der Waals surface area contributed by atoms with Gasteiger partial charge in [-0.2, -0.15) is 0 Å². The van der Waals surface area contributed by atoms with Gasteiger partial charge in [0.15, 0.2) is 0 Å². The van der Waals surface area contributed by atoms with Crippen LogP contribution in [0.4, 0.5) is 0 Å². The van der Waals surface area contributed by atoms with Crippen LogP contribution in [0.3, 0.4) is 0 Å². The van der Waals surface area contributed by atoms with Crippen molar-refractivity contribution in [3.63, 3.8) is 0 Å². The van der Waals surface area contributed by atoms with Gasteiger partial charge in [-0.25, -0.2) is 0 Å². The largest absolute Gasteiger partial charge is 0.393 e. The molecule has 4 aliphatic rings. The van der Waals surface area contributed by atoms with Gasteiger partial charge < -0.3 is 10.4 Å². The van der Waals surface area contributed by atoms with Crippen molar-refractivity contribution in [1.82, 2.24) is 5.32 Å². The lowest BCUT2D eigenvalue weighted by molar-refractivity contribution is -0.141. The van der Waals surface area contributed by atoms with Crippen LogP contribution in [0.5, 0.6) is 0 Å². The highest BCUT2D eigenvalue weighted by Crippen LogP contribution is 2.66. The first-order chi connectivity index (χ1) is 13.3. The summed E-state index contributed by atoms with van der Waals surface area (Å²) in [6.07, 6.45) is 7.06. The lowest BCUT2D eigenvalue weighted by Crippen LogP contribution is -2.63. The fraction of sp³-hybridized carbons (Fsp3) is 0.720. The van der Waals surface area contributed by atoms with E-state index in [1.807, 2.05) is 0 Å². The van der Waals surface area contributed by atoms with E-state index in [-0.39, 0.29) is 28.9 Å². The SMILES string of the molecule is Cc1ccc([C@H]2C[C@H]3NC(=O)CC[C@]3(C)[C@H]3CC[C@]4(C)[C@@H](O)CC[C@H]4[C@H]23)cc1. The highest BCUT2D eigenvalue weighted by atomic mass is 16.3. The fourth-order valence-corrected chi connectivity index (χ4v) is 7.84. The van der Waals surface area contributed by atoms with Gasteiger partial charge >= 0.3 is 0 Å². The summed E-state index contributed by atoms with van der Waals surface area (Å²) in [5.74, 6) is 2.58. The minimum Gasteiger partial charge on any atom is -0.393 e. The Hall–Kier alpha value is -1.35. The first-order valence-corrected chi connectivity index (χ1v) is 11.4. The average molecular weight is 382 g/mol. The van der Waals surface area contributed by atoms with E-state index in [4.69, 9.17) is 0 Å². The van der Waals surface area contributed by atoms with E-state index < -0.39 is 0 Å². The molecule has 3 aliphatic carbocycles. The zero-order valence-electron chi connectivity index (χ0n) is 17.6. The normalized spacial score (nSPS) is 47.6. The van der Waals surface area contributed by atoms with Crippen LogP contribution < -0.4 is 5.32 Å². The first kappa shape index (κ1) is 18.7. The third-order valence-corrected chi connectivity index (χ3v) is 9.61. The predicted octanol–water partition coefficient (Wildman–Crippen LogP) is 4.57. The van der Waals surface area contributed by atoms with Crippen LogP contribution in [-0.4, -0.2) is 23.2 Å². The first-order valence-electron chi connectivity index (χ1n) is 11.4. The highest BCUT2D eigenvalue weighted by Gasteiger charge is 2.62. The summed E-state index contributed by atoms with van der Waals surface area (Å²) in [6, 6.07) is 9.41. The fourth-order valence-electron chi connectivity index (χ4n) is 7.84. The zero-order valence-corrected chi connectivity index (χ0v) is 17.6. The van der Waals surface area contributed by atoms with Crippen molar-refractivity contribution < 1.29 is 9.90 Å². The van der Waals surface area contributed by atoms with Crippen molar-refractivity contribution in [2.24, 2.45) is 28.6 Å². The summed E-state index contributed by atoms with van der Waals surface area (Å²) in [5, 5.41) is 14.2. The number of piperidine rings is 1. The third-order valence-electron chi connectivity index (χ3n) is 9.61. The number of benzene rings is 1. The number of carbonyl (C=O) groups excluding carboxylic acids is 1. The van der Waals surface area contributed by atoms with Crippen molar-refractivity contribution in [1.29, 1.82) is 0 Å². The molecule has 5 rings (SSSR count). The maximum Gasteiger partial charge on any atom is 0.220 e. The number of aliphatic hydroxyl groups excluding tert-OH is 1. The van der Waals surface area contributed by atoms with E-state index in [9.17, 15) is 9.90 Å². The van der Waals surface area contributed by atoms with Gasteiger partial charge in [-0.15, -0.1) is 0 Å². The van der Waals surface area contributed by atoms with Crippen molar-refractivity contribution in [2.75, 3.05) is 0 Å². The molecule has 3 heteroatoms. The number of amides is 1. The standard InChI is InChI=1S/C25H35NO2/c1-15-4-6-16(7-5-15)17-14-20-24(2,13-11-22(28)26-20)19-10-12-25(3)18(23(17)19)8-9-21(25)27/h4-7,17-21,23,27H,8-14H2,1-3H3,(H,26,28)/t17-,18+,19+,20-,21+,23+,24-,25+/m1/s1. The number of aliphatic hydroxyl groups is 1. The van der Waals surface area contributed by atoms with Crippen LogP contribution in [0, 0.1) is 35.5 Å². The van der Waals surface area contributed by atoms with E-state index >= 15 is 0 Å². The van der Waals surface area contributed by atoms with Crippen LogP contribution in [-0.2, 0) is 4.79 Å². The van der Waals surface area contributed by atoms with Gasteiger partial charge in [0.05, 0.1) is 6.10 Å². The molecule has 1 amide bonds. The minimum atomic E-state index is -0.145. The van der Waals surface area contributed by atoms with Crippen molar-refractivity contribution >= 4 is 5.91 Å². The van der Waals surface area contributed by atoms with E-state index in [1.54, 1.807) is 0 Å². The second-order valence-corrected chi connectivity index (χ2v) is 10.8. The van der Waals surface area contributed by atoms with E-state index in [1.165, 1.54) is 17.5 Å². The molecule has 3 saturated carbocycles. The molecule has 0 radical (unpaired) electrons. The number of hydrogen-bond acceptors (Lipinski definition) is 2. The summed E-state index contributed by atoms with van der Waals surface area (Å²) >= 11 is 0. The molecule has 152 valence electrons. The van der Waals surface area contributed by atoms with Gasteiger partial charge in [0.1, 0.15) is 0 Å². The summed E-state index contributed by atoms with van der Waals surface area (Å²) in [5.41, 5.74) is 3.02. The minimum absolute atomic E-state index is 0.0746. The molecule has 2 N–H and O–H groups in total. The molecule has 3 nitrogen and oxygen atoms in total. The lowest BCUT2D eigenvalue weighted by Gasteiger charge is -2.62. The molecule has 1 heterocycles. The van der Waals surface area contributed by atoms with Gasteiger partial charge in [-0.1, -0.05) is 43.7 Å². The zero-order chi connectivity index (χ0) is 19.7. The molecular weight excluding hydrogens is 346 g/mol. The Morgan fingerprint density at radius 3 is 2.46 bits per heavy atom. The molecule has 1 aromatic rings. The van der Waals surface area contributed by atoms with Crippen molar-refractivity contribution in [3.05, 3.63) is 35.4 Å². The van der Waals surface area contributed by atoms with Crippen molar-refractivity contribution in [2.45, 2.75) is 83.8 Å². The number of carbonyl (C=O) groups is 1. The molecule has 28 heavy (non-hydrogen) atoms. The summed E-state index contributed by atoms with van der Waals surface area (Å²) in [4.78, 5) is 12.2. The highest BCUT2D eigenvalue weighted by molar-refractivity contribution is 5.77. The molecule has 0 unspecified atom stereocenters. The second kappa shape index (κ2) is 6.32. The smallest absolute Gasteiger partial charge is 0.220 e. The van der Waals surface area contributed by atoms with Gasteiger partial charge in [0.25, 0.3) is 0 Å². The Morgan fingerprint density at radius 1 is 1.00 bits per heavy atom. The molecule has 1 saturated heterocycles. The molecular formula is C25H35NO2.